The van der Waals surface area contributed by atoms with Crippen LogP contribution in [0, 0.1) is 13.8 Å². The Kier molecular flexibility index (Phi) is 3.75. The number of benzene rings is 2. The highest BCUT2D eigenvalue weighted by molar-refractivity contribution is 7.98. The maximum absolute atomic E-state index is 5.77. The molecule has 0 bridgehead atoms. The van der Waals surface area contributed by atoms with Crippen LogP contribution in [0.4, 0.5) is 5.69 Å². The second kappa shape index (κ2) is 5.28. The maximum Gasteiger partial charge on any atom is 0.0325 e. The molecule has 2 rings (SSSR count). The molecule has 0 spiro atoms. The fourth-order valence-electron chi connectivity index (χ4n) is 1.84. The molecule has 0 fully saturated rings. The van der Waals surface area contributed by atoms with Crippen molar-refractivity contribution in [2.45, 2.75) is 24.5 Å². The molecule has 0 aliphatic heterocycles. The van der Waals surface area contributed by atoms with Crippen LogP contribution in [0.1, 0.15) is 16.7 Å². The minimum absolute atomic E-state index is 0.830. The highest BCUT2D eigenvalue weighted by Crippen LogP contribution is 2.27. The fourth-order valence-corrected chi connectivity index (χ4v) is 3.00. The third-order valence-electron chi connectivity index (χ3n) is 2.89. The first kappa shape index (κ1) is 12.1. The number of rotatable bonds is 3. The predicted molar refractivity (Wildman–Crippen MR) is 76.3 cm³/mol. The Morgan fingerprint density at radius 3 is 2.29 bits per heavy atom. The number of thioether (sulfide) groups is 1. The minimum atomic E-state index is 0.830. The Balaban J connectivity index is 2.13. The molecule has 0 radical (unpaired) electrons. The van der Waals surface area contributed by atoms with Crippen LogP contribution in [0.5, 0.6) is 0 Å². The third kappa shape index (κ3) is 3.04. The van der Waals surface area contributed by atoms with Gasteiger partial charge in [-0.2, -0.15) is 0 Å². The molecule has 0 aliphatic rings. The molecule has 0 saturated carbocycles. The van der Waals surface area contributed by atoms with Gasteiger partial charge >= 0.3 is 0 Å². The summed E-state index contributed by atoms with van der Waals surface area (Å²) in [4.78, 5) is 1.23. The molecule has 2 aromatic carbocycles. The van der Waals surface area contributed by atoms with Gasteiger partial charge in [-0.15, -0.1) is 11.8 Å². The van der Waals surface area contributed by atoms with Crippen LogP contribution < -0.4 is 5.73 Å². The summed E-state index contributed by atoms with van der Waals surface area (Å²) in [5.74, 6) is 1.00. The molecule has 88 valence electrons. The summed E-state index contributed by atoms with van der Waals surface area (Å²) in [6, 6.07) is 14.5. The van der Waals surface area contributed by atoms with Crippen molar-refractivity contribution in [3.8, 4) is 0 Å². The van der Waals surface area contributed by atoms with Crippen LogP contribution in [0.15, 0.2) is 47.4 Å². The van der Waals surface area contributed by atoms with Gasteiger partial charge in [-0.05, 0) is 48.7 Å². The minimum Gasteiger partial charge on any atom is -0.399 e. The van der Waals surface area contributed by atoms with E-state index in [4.69, 9.17) is 5.73 Å². The first-order valence-corrected chi connectivity index (χ1v) is 6.69. The molecule has 0 aromatic heterocycles. The molecule has 0 aliphatic carbocycles. The van der Waals surface area contributed by atoms with E-state index < -0.39 is 0 Å². The van der Waals surface area contributed by atoms with Crippen molar-refractivity contribution in [2.24, 2.45) is 0 Å². The van der Waals surface area contributed by atoms with Gasteiger partial charge in [0.05, 0.1) is 0 Å². The van der Waals surface area contributed by atoms with Crippen LogP contribution in [0.3, 0.4) is 0 Å². The van der Waals surface area contributed by atoms with Crippen molar-refractivity contribution in [3.05, 3.63) is 59.2 Å². The zero-order chi connectivity index (χ0) is 12.3. The Morgan fingerprint density at radius 2 is 1.65 bits per heavy atom. The molecular weight excluding hydrogens is 226 g/mol. The molecule has 2 aromatic rings. The Bertz CT molecular complexity index is 500. The van der Waals surface area contributed by atoms with E-state index in [1.807, 2.05) is 30.0 Å². The summed E-state index contributed by atoms with van der Waals surface area (Å²) in [6.07, 6.45) is 0. The number of aryl methyl sites for hydroxylation is 2. The van der Waals surface area contributed by atoms with E-state index in [-0.39, 0.29) is 0 Å². The van der Waals surface area contributed by atoms with Crippen molar-refractivity contribution >= 4 is 17.4 Å². The van der Waals surface area contributed by atoms with E-state index in [1.165, 1.54) is 21.6 Å². The summed E-state index contributed by atoms with van der Waals surface area (Å²) in [6.45, 7) is 4.34. The van der Waals surface area contributed by atoms with Gasteiger partial charge < -0.3 is 5.73 Å². The highest BCUT2D eigenvalue weighted by Gasteiger charge is 2.03. The first-order chi connectivity index (χ1) is 8.16. The zero-order valence-corrected chi connectivity index (χ0v) is 11.1. The van der Waals surface area contributed by atoms with Gasteiger partial charge in [0.15, 0.2) is 0 Å². The Labute approximate surface area is 107 Å². The molecule has 2 N–H and O–H groups in total. The molecule has 0 heterocycles. The van der Waals surface area contributed by atoms with Crippen molar-refractivity contribution in [1.82, 2.24) is 0 Å². The Morgan fingerprint density at radius 1 is 1.00 bits per heavy atom. The number of hydrogen-bond acceptors (Lipinski definition) is 2. The zero-order valence-electron chi connectivity index (χ0n) is 10.2. The molecule has 0 unspecified atom stereocenters. The SMILES string of the molecule is Cc1cccc(C)c1CSc1cccc(N)c1. The number of nitrogen functional groups attached to an aromatic ring is 1. The molecule has 0 saturated heterocycles. The van der Waals surface area contributed by atoms with E-state index in [2.05, 4.69) is 38.1 Å². The standard InChI is InChI=1S/C15H17NS/c1-11-5-3-6-12(2)15(11)10-17-14-8-4-7-13(16)9-14/h3-9H,10,16H2,1-2H3. The van der Waals surface area contributed by atoms with E-state index in [0.717, 1.165) is 11.4 Å². The normalized spacial score (nSPS) is 10.5. The quantitative estimate of drug-likeness (QED) is 0.646. The van der Waals surface area contributed by atoms with Gasteiger partial charge in [0.25, 0.3) is 0 Å². The lowest BCUT2D eigenvalue weighted by Crippen LogP contribution is -1.91. The largest absolute Gasteiger partial charge is 0.399 e. The van der Waals surface area contributed by atoms with E-state index in [9.17, 15) is 0 Å². The molecule has 1 nitrogen and oxygen atoms in total. The lowest BCUT2D eigenvalue weighted by atomic mass is 10.1. The van der Waals surface area contributed by atoms with Gasteiger partial charge in [0.1, 0.15) is 0 Å². The van der Waals surface area contributed by atoms with E-state index in [0.29, 0.717) is 0 Å². The van der Waals surface area contributed by atoms with Crippen LogP contribution in [-0.2, 0) is 5.75 Å². The second-order valence-corrected chi connectivity index (χ2v) is 5.28. The van der Waals surface area contributed by atoms with E-state index >= 15 is 0 Å². The monoisotopic (exact) mass is 243 g/mol. The van der Waals surface area contributed by atoms with Crippen molar-refractivity contribution in [3.63, 3.8) is 0 Å². The van der Waals surface area contributed by atoms with Crippen molar-refractivity contribution < 1.29 is 0 Å². The molecule has 17 heavy (non-hydrogen) atoms. The van der Waals surface area contributed by atoms with E-state index in [1.54, 1.807) is 0 Å². The van der Waals surface area contributed by atoms with Gasteiger partial charge in [-0.1, -0.05) is 24.3 Å². The average molecular weight is 243 g/mol. The summed E-state index contributed by atoms with van der Waals surface area (Å²) >= 11 is 1.84. The lowest BCUT2D eigenvalue weighted by Gasteiger charge is -2.09. The van der Waals surface area contributed by atoms with Crippen molar-refractivity contribution in [1.29, 1.82) is 0 Å². The molecule has 2 heteroatoms. The average Bonchev–Trinajstić information content (AvgIpc) is 2.28. The maximum atomic E-state index is 5.77. The van der Waals surface area contributed by atoms with Crippen LogP contribution in [0.2, 0.25) is 0 Å². The van der Waals surface area contributed by atoms with Gasteiger partial charge in [-0.3, -0.25) is 0 Å². The summed E-state index contributed by atoms with van der Waals surface area (Å²) < 4.78 is 0. The Hall–Kier alpha value is -1.41. The first-order valence-electron chi connectivity index (χ1n) is 5.70. The fraction of sp³-hybridized carbons (Fsp3) is 0.200. The number of anilines is 1. The van der Waals surface area contributed by atoms with Crippen LogP contribution in [-0.4, -0.2) is 0 Å². The van der Waals surface area contributed by atoms with Crippen LogP contribution >= 0.6 is 11.8 Å². The topological polar surface area (TPSA) is 26.0 Å². The molecule has 0 atom stereocenters. The summed E-state index contributed by atoms with van der Waals surface area (Å²) in [5.41, 5.74) is 10.8. The van der Waals surface area contributed by atoms with Gasteiger partial charge in [0, 0.05) is 16.3 Å². The summed E-state index contributed by atoms with van der Waals surface area (Å²) in [7, 11) is 0. The number of nitrogens with two attached hydrogens (primary N) is 1. The molecular formula is C15H17NS. The molecule has 0 amide bonds. The predicted octanol–water partition coefficient (Wildman–Crippen LogP) is 4.18. The third-order valence-corrected chi connectivity index (χ3v) is 3.91. The second-order valence-electron chi connectivity index (χ2n) is 4.23. The van der Waals surface area contributed by atoms with Gasteiger partial charge in [-0.25, -0.2) is 0 Å². The highest BCUT2D eigenvalue weighted by atomic mass is 32.2. The smallest absolute Gasteiger partial charge is 0.0325 e. The summed E-state index contributed by atoms with van der Waals surface area (Å²) in [5, 5.41) is 0. The number of hydrogen-bond donors (Lipinski definition) is 1. The van der Waals surface area contributed by atoms with Gasteiger partial charge in [0.2, 0.25) is 0 Å². The van der Waals surface area contributed by atoms with Crippen molar-refractivity contribution in [2.75, 3.05) is 5.73 Å². The lowest BCUT2D eigenvalue weighted by molar-refractivity contribution is 1.24. The van der Waals surface area contributed by atoms with Crippen LogP contribution in [0.25, 0.3) is 0 Å².